The lowest BCUT2D eigenvalue weighted by atomic mass is 9.96. The van der Waals surface area contributed by atoms with E-state index in [9.17, 15) is 0 Å². The fourth-order valence-electron chi connectivity index (χ4n) is 2.02. The molecule has 0 saturated carbocycles. The second-order valence-corrected chi connectivity index (χ2v) is 5.91. The normalized spacial score (nSPS) is 15.8. The lowest BCUT2D eigenvalue weighted by Crippen LogP contribution is -1.90. The van der Waals surface area contributed by atoms with Crippen LogP contribution in [0.5, 0.6) is 0 Å². The van der Waals surface area contributed by atoms with Gasteiger partial charge in [0.25, 0.3) is 0 Å². The Morgan fingerprint density at radius 3 is 2.94 bits per heavy atom. The van der Waals surface area contributed by atoms with Crippen molar-refractivity contribution in [3.63, 3.8) is 0 Å². The van der Waals surface area contributed by atoms with Gasteiger partial charge in [-0.2, -0.15) is 5.26 Å². The quantitative estimate of drug-likeness (QED) is 0.655. The highest BCUT2D eigenvalue weighted by Gasteiger charge is 2.18. The zero-order chi connectivity index (χ0) is 11.7. The molecular formula is C14H9NS2. The highest BCUT2D eigenvalue weighted by atomic mass is 32.2. The van der Waals surface area contributed by atoms with Gasteiger partial charge in [-0.3, -0.25) is 0 Å². The Morgan fingerprint density at radius 1 is 1.18 bits per heavy atom. The SMILES string of the molecule is N#C/C=C1/c2ccccc2CSc2sccc21. The van der Waals surface area contributed by atoms with Crippen LogP contribution >= 0.6 is 23.1 Å². The van der Waals surface area contributed by atoms with Gasteiger partial charge in [0.2, 0.25) is 0 Å². The molecule has 2 aromatic rings. The maximum Gasteiger partial charge on any atom is 0.0918 e. The van der Waals surface area contributed by atoms with E-state index >= 15 is 0 Å². The van der Waals surface area contributed by atoms with E-state index in [-0.39, 0.29) is 0 Å². The van der Waals surface area contributed by atoms with E-state index in [1.165, 1.54) is 20.9 Å². The Bertz CT molecular complexity index is 632. The Labute approximate surface area is 108 Å². The molecular weight excluding hydrogens is 246 g/mol. The van der Waals surface area contributed by atoms with Gasteiger partial charge in [-0.1, -0.05) is 24.3 Å². The van der Waals surface area contributed by atoms with Crippen molar-refractivity contribution in [1.82, 2.24) is 0 Å². The molecule has 0 spiro atoms. The molecule has 0 atom stereocenters. The van der Waals surface area contributed by atoms with Crippen LogP contribution in [0.15, 0.2) is 46.0 Å². The minimum absolute atomic E-state index is 0.979. The molecule has 0 N–H and O–H groups in total. The maximum absolute atomic E-state index is 8.97. The van der Waals surface area contributed by atoms with E-state index in [1.807, 2.05) is 17.8 Å². The number of fused-ring (bicyclic) bond motifs is 2. The number of hydrogen-bond acceptors (Lipinski definition) is 3. The summed E-state index contributed by atoms with van der Waals surface area (Å²) in [5, 5.41) is 11.1. The summed E-state index contributed by atoms with van der Waals surface area (Å²) in [7, 11) is 0. The van der Waals surface area contributed by atoms with Crippen molar-refractivity contribution in [3.8, 4) is 6.07 Å². The summed E-state index contributed by atoms with van der Waals surface area (Å²) < 4.78 is 1.31. The van der Waals surface area contributed by atoms with Crippen molar-refractivity contribution in [2.45, 2.75) is 9.96 Å². The van der Waals surface area contributed by atoms with Gasteiger partial charge in [-0.25, -0.2) is 0 Å². The van der Waals surface area contributed by atoms with Crippen LogP contribution in [0, 0.1) is 11.3 Å². The van der Waals surface area contributed by atoms with Gasteiger partial charge in [0.15, 0.2) is 0 Å². The molecule has 3 rings (SSSR count). The molecule has 1 aliphatic rings. The van der Waals surface area contributed by atoms with Gasteiger partial charge in [-0.15, -0.1) is 23.1 Å². The fourth-order valence-corrected chi connectivity index (χ4v) is 4.14. The van der Waals surface area contributed by atoms with Crippen LogP contribution in [0.3, 0.4) is 0 Å². The van der Waals surface area contributed by atoms with E-state index in [0.29, 0.717) is 0 Å². The molecule has 0 aliphatic carbocycles. The van der Waals surface area contributed by atoms with E-state index in [4.69, 9.17) is 5.26 Å². The number of thioether (sulfide) groups is 1. The van der Waals surface area contributed by atoms with Crippen molar-refractivity contribution in [3.05, 3.63) is 58.5 Å². The summed E-state index contributed by atoms with van der Waals surface area (Å²) in [6.07, 6.45) is 1.66. The van der Waals surface area contributed by atoms with Crippen molar-refractivity contribution >= 4 is 28.7 Å². The fraction of sp³-hybridized carbons (Fsp3) is 0.0714. The van der Waals surface area contributed by atoms with Gasteiger partial charge in [0.05, 0.1) is 10.3 Å². The van der Waals surface area contributed by atoms with Crippen molar-refractivity contribution in [1.29, 1.82) is 5.26 Å². The summed E-state index contributed by atoms with van der Waals surface area (Å²) in [5.41, 5.74) is 4.76. The van der Waals surface area contributed by atoms with Crippen molar-refractivity contribution in [2.75, 3.05) is 0 Å². The van der Waals surface area contributed by atoms with Crippen LogP contribution in [-0.4, -0.2) is 0 Å². The number of nitriles is 1. The lowest BCUT2D eigenvalue weighted by Gasteiger charge is -2.07. The Balaban J connectivity index is 2.28. The second-order valence-electron chi connectivity index (χ2n) is 3.75. The van der Waals surface area contributed by atoms with Crippen LogP contribution in [-0.2, 0) is 5.75 Å². The summed E-state index contributed by atoms with van der Waals surface area (Å²) in [6, 6.07) is 12.6. The Hall–Kier alpha value is -1.50. The third-order valence-corrected chi connectivity index (χ3v) is 5.08. The number of benzene rings is 1. The third-order valence-electron chi connectivity index (χ3n) is 2.80. The summed E-state index contributed by atoms with van der Waals surface area (Å²) in [6.45, 7) is 0. The van der Waals surface area contributed by atoms with Crippen molar-refractivity contribution < 1.29 is 0 Å². The van der Waals surface area contributed by atoms with Gasteiger partial charge in [-0.05, 0) is 22.6 Å². The zero-order valence-electron chi connectivity index (χ0n) is 9.01. The molecule has 2 heterocycles. The molecule has 1 nitrogen and oxygen atoms in total. The first kappa shape index (κ1) is 10.6. The van der Waals surface area contributed by atoms with E-state index < -0.39 is 0 Å². The molecule has 3 heteroatoms. The topological polar surface area (TPSA) is 23.8 Å². The first-order valence-electron chi connectivity index (χ1n) is 5.29. The molecule has 0 radical (unpaired) electrons. The predicted octanol–water partition coefficient (Wildman–Crippen LogP) is 4.31. The van der Waals surface area contributed by atoms with Crippen LogP contribution in [0.2, 0.25) is 0 Å². The van der Waals surface area contributed by atoms with Crippen molar-refractivity contribution in [2.24, 2.45) is 0 Å². The van der Waals surface area contributed by atoms with Gasteiger partial charge >= 0.3 is 0 Å². The molecule has 0 amide bonds. The molecule has 1 aromatic carbocycles. The number of rotatable bonds is 0. The summed E-state index contributed by atoms with van der Waals surface area (Å²) in [4.78, 5) is 0. The smallest absolute Gasteiger partial charge is 0.0918 e. The van der Waals surface area contributed by atoms with E-state index in [2.05, 4.69) is 35.7 Å². The van der Waals surface area contributed by atoms with Gasteiger partial charge in [0.1, 0.15) is 0 Å². The Morgan fingerprint density at radius 2 is 2.06 bits per heavy atom. The average molecular weight is 255 g/mol. The molecule has 82 valence electrons. The summed E-state index contributed by atoms with van der Waals surface area (Å²) >= 11 is 3.61. The highest BCUT2D eigenvalue weighted by molar-refractivity contribution is 8.00. The number of hydrogen-bond donors (Lipinski definition) is 0. The number of allylic oxidation sites excluding steroid dienone is 1. The minimum atomic E-state index is 0.979. The lowest BCUT2D eigenvalue weighted by molar-refractivity contribution is 1.39. The molecule has 0 fully saturated rings. The predicted molar refractivity (Wildman–Crippen MR) is 73.0 cm³/mol. The molecule has 17 heavy (non-hydrogen) atoms. The first-order valence-corrected chi connectivity index (χ1v) is 7.15. The molecule has 0 bridgehead atoms. The van der Waals surface area contributed by atoms with Crippen LogP contribution in [0.4, 0.5) is 0 Å². The van der Waals surface area contributed by atoms with Crippen LogP contribution in [0.1, 0.15) is 16.7 Å². The van der Waals surface area contributed by atoms with Gasteiger partial charge < -0.3 is 0 Å². The van der Waals surface area contributed by atoms with Crippen LogP contribution in [0.25, 0.3) is 5.57 Å². The van der Waals surface area contributed by atoms with E-state index in [0.717, 1.165) is 11.3 Å². The Kier molecular flexibility index (Phi) is 2.76. The summed E-state index contributed by atoms with van der Waals surface area (Å²) in [5.74, 6) is 0.979. The third kappa shape index (κ3) is 1.80. The largest absolute Gasteiger partial charge is 0.193 e. The highest BCUT2D eigenvalue weighted by Crippen LogP contribution is 2.42. The molecule has 1 aliphatic heterocycles. The number of nitrogens with zero attached hydrogens (tertiary/aromatic N) is 1. The zero-order valence-corrected chi connectivity index (χ0v) is 10.6. The second kappa shape index (κ2) is 4.40. The molecule has 0 unspecified atom stereocenters. The maximum atomic E-state index is 8.97. The minimum Gasteiger partial charge on any atom is -0.193 e. The van der Waals surface area contributed by atoms with E-state index in [1.54, 1.807) is 17.4 Å². The average Bonchev–Trinajstić information content (AvgIpc) is 2.77. The standard InChI is InChI=1S/C14H9NS2/c15-7-5-12-11-4-2-1-3-10(11)9-17-14-13(12)6-8-16-14/h1-6,8H,9H2/b12-5-. The number of thiophene rings is 1. The molecule has 1 aromatic heterocycles. The monoisotopic (exact) mass is 255 g/mol. The first-order chi connectivity index (χ1) is 8.40. The molecule has 0 saturated heterocycles. The van der Waals surface area contributed by atoms with Gasteiger partial charge in [0, 0.05) is 23.0 Å². The van der Waals surface area contributed by atoms with Crippen LogP contribution < -0.4 is 0 Å².